The fourth-order valence-electron chi connectivity index (χ4n) is 3.55. The number of aryl methyl sites for hydroxylation is 1. The Morgan fingerprint density at radius 1 is 1.19 bits per heavy atom. The third kappa shape index (κ3) is 4.61. The van der Waals surface area contributed by atoms with E-state index in [1.165, 1.54) is 31.3 Å². The summed E-state index contributed by atoms with van der Waals surface area (Å²) in [4.78, 5) is 46.4. The van der Waals surface area contributed by atoms with Crippen LogP contribution in [0, 0.1) is 0 Å². The molecule has 3 aromatic rings. The normalized spacial score (nSPS) is 14.3. The van der Waals surface area contributed by atoms with Gasteiger partial charge in [0.15, 0.2) is 11.9 Å². The number of halogens is 2. The molecule has 1 aliphatic rings. The molecule has 166 valence electrons. The first-order valence-electron chi connectivity index (χ1n) is 10.2. The molecule has 10 heteroatoms. The number of amides is 1. The number of esters is 1. The first-order chi connectivity index (χ1) is 15.3. The summed E-state index contributed by atoms with van der Waals surface area (Å²) >= 11 is 11.8. The number of hydrogen-bond donors (Lipinski definition) is 1. The Morgan fingerprint density at radius 2 is 2.00 bits per heavy atom. The number of carbonyl (C=O) groups excluding carboxylic acids is 2. The number of ether oxygens (including phenoxy) is 1. The van der Waals surface area contributed by atoms with E-state index in [4.69, 9.17) is 27.9 Å². The van der Waals surface area contributed by atoms with Crippen LogP contribution in [0.25, 0.3) is 10.9 Å². The van der Waals surface area contributed by atoms with Crippen molar-refractivity contribution in [3.8, 4) is 0 Å². The fourth-order valence-corrected chi connectivity index (χ4v) is 3.98. The Labute approximate surface area is 193 Å². The lowest BCUT2D eigenvalue weighted by Gasteiger charge is -2.14. The number of fused-ring (bicyclic) bond motifs is 2. The van der Waals surface area contributed by atoms with E-state index in [1.54, 1.807) is 10.6 Å². The van der Waals surface area contributed by atoms with Crippen LogP contribution < -0.4 is 10.9 Å². The van der Waals surface area contributed by atoms with Crippen LogP contribution in [0.1, 0.15) is 42.4 Å². The summed E-state index contributed by atoms with van der Waals surface area (Å²) in [7, 11) is 0. The number of carbonyl (C=O) groups is 2. The number of anilines is 1. The van der Waals surface area contributed by atoms with Gasteiger partial charge in [-0.05, 0) is 44.0 Å². The summed E-state index contributed by atoms with van der Waals surface area (Å²) in [5.41, 5.74) is 0.532. The number of benzene rings is 1. The largest absolute Gasteiger partial charge is 0.449 e. The summed E-state index contributed by atoms with van der Waals surface area (Å²) in [5.74, 6) is -0.468. The molecule has 1 atom stereocenters. The lowest BCUT2D eigenvalue weighted by molar-refractivity contribution is -0.123. The number of aromatic nitrogens is 3. The van der Waals surface area contributed by atoms with Gasteiger partial charge in [-0.15, -0.1) is 0 Å². The highest BCUT2D eigenvalue weighted by atomic mass is 35.5. The van der Waals surface area contributed by atoms with Gasteiger partial charge in [0.25, 0.3) is 11.5 Å². The zero-order chi connectivity index (χ0) is 22.8. The molecule has 1 N–H and O–H groups in total. The molecule has 0 spiro atoms. The minimum absolute atomic E-state index is 0.105. The van der Waals surface area contributed by atoms with Gasteiger partial charge in [-0.3, -0.25) is 14.2 Å². The molecule has 1 aliphatic heterocycles. The predicted molar refractivity (Wildman–Crippen MR) is 121 cm³/mol. The average molecular weight is 475 g/mol. The highest BCUT2D eigenvalue weighted by molar-refractivity contribution is 6.36. The van der Waals surface area contributed by atoms with Gasteiger partial charge in [-0.1, -0.05) is 29.6 Å². The van der Waals surface area contributed by atoms with Crippen molar-refractivity contribution in [2.45, 2.75) is 45.3 Å². The molecule has 1 aromatic carbocycles. The van der Waals surface area contributed by atoms with Crippen molar-refractivity contribution >= 4 is 51.8 Å². The van der Waals surface area contributed by atoms with Gasteiger partial charge in [0.05, 0.1) is 26.5 Å². The van der Waals surface area contributed by atoms with E-state index in [2.05, 4.69) is 15.3 Å². The van der Waals surface area contributed by atoms with E-state index in [-0.39, 0.29) is 22.0 Å². The smallest absolute Gasteiger partial charge is 0.338 e. The lowest BCUT2D eigenvalue weighted by atomic mass is 10.1. The summed E-state index contributed by atoms with van der Waals surface area (Å²) < 4.78 is 7.00. The monoisotopic (exact) mass is 474 g/mol. The standard InChI is InChI=1S/C22H20Cl2N4O4/c1-12(20(29)27-19-16(24)10-14(23)11-25-19)32-22(31)13-6-7-15-17(9-13)26-18-5-3-2-4-8-28(18)21(15)30/h6-7,9-12H,2-5,8H2,1H3,(H,25,27,29)/t12-/m1/s1. The Kier molecular flexibility index (Phi) is 6.43. The zero-order valence-electron chi connectivity index (χ0n) is 17.2. The van der Waals surface area contributed by atoms with Gasteiger partial charge in [0.1, 0.15) is 5.82 Å². The summed E-state index contributed by atoms with van der Waals surface area (Å²) in [5, 5.41) is 3.43. The van der Waals surface area contributed by atoms with Crippen molar-refractivity contribution in [2.75, 3.05) is 5.32 Å². The third-order valence-electron chi connectivity index (χ3n) is 5.25. The first-order valence-corrected chi connectivity index (χ1v) is 11.0. The van der Waals surface area contributed by atoms with E-state index in [9.17, 15) is 14.4 Å². The van der Waals surface area contributed by atoms with Crippen LogP contribution in [-0.2, 0) is 22.5 Å². The number of pyridine rings is 1. The van der Waals surface area contributed by atoms with Crippen LogP contribution in [0.15, 0.2) is 35.3 Å². The van der Waals surface area contributed by atoms with Crippen molar-refractivity contribution < 1.29 is 14.3 Å². The minimum Gasteiger partial charge on any atom is -0.449 e. The van der Waals surface area contributed by atoms with Crippen molar-refractivity contribution in [1.82, 2.24) is 14.5 Å². The molecule has 1 amide bonds. The van der Waals surface area contributed by atoms with Gasteiger partial charge >= 0.3 is 5.97 Å². The summed E-state index contributed by atoms with van der Waals surface area (Å²) in [6.45, 7) is 2.09. The molecular weight excluding hydrogens is 455 g/mol. The fraction of sp³-hybridized carbons (Fsp3) is 0.318. The van der Waals surface area contributed by atoms with E-state index in [1.807, 2.05) is 0 Å². The number of nitrogens with zero attached hydrogens (tertiary/aromatic N) is 3. The third-order valence-corrected chi connectivity index (χ3v) is 5.75. The maximum absolute atomic E-state index is 12.8. The molecular formula is C22H20Cl2N4O4. The minimum atomic E-state index is -1.11. The maximum Gasteiger partial charge on any atom is 0.338 e. The Morgan fingerprint density at radius 3 is 2.78 bits per heavy atom. The highest BCUT2D eigenvalue weighted by Gasteiger charge is 2.21. The average Bonchev–Trinajstić information content (AvgIpc) is 3.01. The van der Waals surface area contributed by atoms with Crippen LogP contribution >= 0.6 is 23.2 Å². The van der Waals surface area contributed by atoms with Crippen LogP contribution in [0.3, 0.4) is 0 Å². The molecule has 32 heavy (non-hydrogen) atoms. The van der Waals surface area contributed by atoms with Gasteiger partial charge in [0, 0.05) is 19.2 Å². The lowest BCUT2D eigenvalue weighted by Crippen LogP contribution is -2.30. The van der Waals surface area contributed by atoms with Crippen molar-refractivity contribution in [2.24, 2.45) is 0 Å². The SMILES string of the molecule is C[C@@H](OC(=O)c1ccc2c(=O)n3c(nc2c1)CCCCC3)C(=O)Nc1ncc(Cl)cc1Cl. The maximum atomic E-state index is 12.8. The van der Waals surface area contributed by atoms with Gasteiger partial charge in [0.2, 0.25) is 0 Å². The van der Waals surface area contributed by atoms with Crippen molar-refractivity contribution in [3.63, 3.8) is 0 Å². The van der Waals surface area contributed by atoms with Gasteiger partial charge < -0.3 is 10.1 Å². The Balaban J connectivity index is 1.51. The van der Waals surface area contributed by atoms with Crippen molar-refractivity contribution in [1.29, 1.82) is 0 Å². The molecule has 8 nitrogen and oxygen atoms in total. The quantitative estimate of drug-likeness (QED) is 0.572. The molecule has 0 radical (unpaired) electrons. The van der Waals surface area contributed by atoms with Gasteiger partial charge in [-0.25, -0.2) is 14.8 Å². The molecule has 0 saturated carbocycles. The van der Waals surface area contributed by atoms with Gasteiger partial charge in [-0.2, -0.15) is 0 Å². The molecule has 0 aliphatic carbocycles. The second-order valence-corrected chi connectivity index (χ2v) is 8.39. The zero-order valence-corrected chi connectivity index (χ0v) is 18.7. The van der Waals surface area contributed by atoms with E-state index >= 15 is 0 Å². The van der Waals surface area contributed by atoms with Crippen LogP contribution in [0.2, 0.25) is 10.0 Å². The highest BCUT2D eigenvalue weighted by Crippen LogP contribution is 2.23. The molecule has 0 saturated heterocycles. The molecule has 0 bridgehead atoms. The molecule has 0 unspecified atom stereocenters. The molecule has 4 rings (SSSR count). The van der Waals surface area contributed by atoms with Crippen LogP contribution in [-0.4, -0.2) is 32.5 Å². The second kappa shape index (κ2) is 9.26. The van der Waals surface area contributed by atoms with Crippen LogP contribution in [0.5, 0.6) is 0 Å². The van der Waals surface area contributed by atoms with E-state index in [0.717, 1.165) is 31.5 Å². The number of rotatable bonds is 4. The number of hydrogen-bond acceptors (Lipinski definition) is 6. The summed E-state index contributed by atoms with van der Waals surface area (Å²) in [6, 6.07) is 6.03. The Hall–Kier alpha value is -2.97. The Bertz CT molecular complexity index is 1270. The topological polar surface area (TPSA) is 103 Å². The summed E-state index contributed by atoms with van der Waals surface area (Å²) in [6.07, 6.45) is 3.91. The molecule has 2 aromatic heterocycles. The first kappa shape index (κ1) is 22.2. The molecule has 0 fully saturated rings. The molecule has 3 heterocycles. The van der Waals surface area contributed by atoms with Crippen molar-refractivity contribution in [3.05, 3.63) is 62.2 Å². The van der Waals surface area contributed by atoms with E-state index in [0.29, 0.717) is 22.5 Å². The van der Waals surface area contributed by atoms with Crippen LogP contribution in [0.4, 0.5) is 5.82 Å². The number of nitrogens with one attached hydrogen (secondary N) is 1. The second-order valence-electron chi connectivity index (χ2n) is 7.55. The predicted octanol–water partition coefficient (Wildman–Crippen LogP) is 4.01. The van der Waals surface area contributed by atoms with E-state index < -0.39 is 18.0 Å².